The van der Waals surface area contributed by atoms with Gasteiger partial charge in [-0.3, -0.25) is 0 Å². The van der Waals surface area contributed by atoms with Crippen molar-refractivity contribution in [3.63, 3.8) is 0 Å². The van der Waals surface area contributed by atoms with Crippen LogP contribution in [-0.2, 0) is 13.2 Å². The molecule has 4 heteroatoms. The SMILES string of the molecule is Cc1cc2cnnc(OCc3ccccc3)c2n1Cc1ccccc1. The molecule has 2 heterocycles. The van der Waals surface area contributed by atoms with E-state index in [1.807, 2.05) is 36.4 Å². The largest absolute Gasteiger partial charge is 0.470 e. The van der Waals surface area contributed by atoms with Crippen LogP contribution in [0, 0.1) is 6.92 Å². The third kappa shape index (κ3) is 3.24. The summed E-state index contributed by atoms with van der Waals surface area (Å²) in [5.74, 6) is 0.574. The second-order valence-corrected chi connectivity index (χ2v) is 6.09. The molecule has 4 rings (SSSR count). The van der Waals surface area contributed by atoms with E-state index in [2.05, 4.69) is 52.0 Å². The fourth-order valence-corrected chi connectivity index (χ4v) is 3.02. The molecule has 124 valence electrons. The average molecular weight is 329 g/mol. The number of hydrogen-bond donors (Lipinski definition) is 0. The number of aryl methyl sites for hydroxylation is 1. The average Bonchev–Trinajstić information content (AvgIpc) is 2.98. The van der Waals surface area contributed by atoms with Crippen LogP contribution in [0.2, 0.25) is 0 Å². The molecule has 0 N–H and O–H groups in total. The Kier molecular flexibility index (Phi) is 4.17. The van der Waals surface area contributed by atoms with Crippen molar-refractivity contribution in [2.75, 3.05) is 0 Å². The summed E-state index contributed by atoms with van der Waals surface area (Å²) in [6, 6.07) is 22.6. The van der Waals surface area contributed by atoms with Crippen molar-refractivity contribution in [2.45, 2.75) is 20.1 Å². The van der Waals surface area contributed by atoms with Gasteiger partial charge < -0.3 is 9.30 Å². The van der Waals surface area contributed by atoms with Gasteiger partial charge in [-0.15, -0.1) is 5.10 Å². The van der Waals surface area contributed by atoms with Crippen LogP contribution in [0.5, 0.6) is 5.88 Å². The standard InChI is InChI=1S/C21H19N3O/c1-16-12-19-13-22-23-21(25-15-18-10-6-3-7-11-18)20(19)24(16)14-17-8-4-2-5-9-17/h2-13H,14-15H2,1H3. The second-order valence-electron chi connectivity index (χ2n) is 6.09. The molecule has 0 bridgehead atoms. The quantitative estimate of drug-likeness (QED) is 0.546. The van der Waals surface area contributed by atoms with Crippen molar-refractivity contribution in [3.05, 3.63) is 89.7 Å². The minimum Gasteiger partial charge on any atom is -0.470 e. The molecule has 0 radical (unpaired) electrons. The van der Waals surface area contributed by atoms with Crippen LogP contribution in [-0.4, -0.2) is 14.8 Å². The van der Waals surface area contributed by atoms with Gasteiger partial charge in [-0.2, -0.15) is 5.10 Å². The van der Waals surface area contributed by atoms with Crippen LogP contribution in [0.4, 0.5) is 0 Å². The van der Waals surface area contributed by atoms with Crippen molar-refractivity contribution in [2.24, 2.45) is 0 Å². The Labute approximate surface area is 146 Å². The summed E-state index contributed by atoms with van der Waals surface area (Å²) in [6.07, 6.45) is 1.79. The molecule has 2 aromatic carbocycles. The first kappa shape index (κ1) is 15.4. The number of rotatable bonds is 5. The fourth-order valence-electron chi connectivity index (χ4n) is 3.02. The highest BCUT2D eigenvalue weighted by Gasteiger charge is 2.13. The zero-order valence-corrected chi connectivity index (χ0v) is 14.1. The molecule has 0 spiro atoms. The van der Waals surface area contributed by atoms with Gasteiger partial charge >= 0.3 is 0 Å². The molecule has 2 aromatic heterocycles. The Morgan fingerprint density at radius 3 is 2.32 bits per heavy atom. The summed E-state index contributed by atoms with van der Waals surface area (Å²) in [6.45, 7) is 3.36. The van der Waals surface area contributed by atoms with E-state index in [9.17, 15) is 0 Å². The summed E-state index contributed by atoms with van der Waals surface area (Å²) in [5, 5.41) is 9.39. The maximum absolute atomic E-state index is 6.00. The molecule has 0 saturated carbocycles. The maximum Gasteiger partial charge on any atom is 0.258 e. The molecule has 4 nitrogen and oxygen atoms in total. The highest BCUT2D eigenvalue weighted by Crippen LogP contribution is 2.27. The molecular formula is C21H19N3O. The maximum atomic E-state index is 6.00. The van der Waals surface area contributed by atoms with Crippen LogP contribution in [0.3, 0.4) is 0 Å². The normalized spacial score (nSPS) is 10.9. The Morgan fingerprint density at radius 1 is 0.920 bits per heavy atom. The van der Waals surface area contributed by atoms with Crippen LogP contribution < -0.4 is 4.74 Å². The molecule has 0 saturated heterocycles. The minimum atomic E-state index is 0.476. The van der Waals surface area contributed by atoms with E-state index < -0.39 is 0 Å². The van der Waals surface area contributed by atoms with Crippen molar-refractivity contribution in [1.29, 1.82) is 0 Å². The number of ether oxygens (including phenoxy) is 1. The highest BCUT2D eigenvalue weighted by atomic mass is 16.5. The fraction of sp³-hybridized carbons (Fsp3) is 0.143. The third-order valence-corrected chi connectivity index (χ3v) is 4.28. The Balaban J connectivity index is 1.69. The lowest BCUT2D eigenvalue weighted by Gasteiger charge is -2.11. The number of hydrogen-bond acceptors (Lipinski definition) is 3. The van der Waals surface area contributed by atoms with E-state index in [1.165, 1.54) is 11.3 Å². The van der Waals surface area contributed by atoms with E-state index in [-0.39, 0.29) is 0 Å². The molecule has 0 fully saturated rings. The Morgan fingerprint density at radius 2 is 1.60 bits per heavy atom. The van der Waals surface area contributed by atoms with Gasteiger partial charge in [0, 0.05) is 17.6 Å². The first-order valence-electron chi connectivity index (χ1n) is 8.33. The predicted molar refractivity (Wildman–Crippen MR) is 98.6 cm³/mol. The van der Waals surface area contributed by atoms with Gasteiger partial charge in [0.25, 0.3) is 5.88 Å². The van der Waals surface area contributed by atoms with Crippen LogP contribution in [0.1, 0.15) is 16.8 Å². The molecule has 0 atom stereocenters. The molecule has 4 aromatic rings. The predicted octanol–water partition coefficient (Wildman–Crippen LogP) is 4.37. The van der Waals surface area contributed by atoms with E-state index in [4.69, 9.17) is 4.74 Å². The lowest BCUT2D eigenvalue weighted by Crippen LogP contribution is -2.05. The topological polar surface area (TPSA) is 39.9 Å². The summed E-state index contributed by atoms with van der Waals surface area (Å²) in [4.78, 5) is 0. The van der Waals surface area contributed by atoms with Crippen LogP contribution in [0.25, 0.3) is 10.9 Å². The lowest BCUT2D eigenvalue weighted by molar-refractivity contribution is 0.293. The molecule has 0 aliphatic heterocycles. The van der Waals surface area contributed by atoms with Crippen LogP contribution >= 0.6 is 0 Å². The summed E-state index contributed by atoms with van der Waals surface area (Å²) in [5.41, 5.74) is 4.51. The van der Waals surface area contributed by atoms with E-state index >= 15 is 0 Å². The summed E-state index contributed by atoms with van der Waals surface area (Å²) >= 11 is 0. The minimum absolute atomic E-state index is 0.476. The number of fused-ring (bicyclic) bond motifs is 1. The second kappa shape index (κ2) is 6.77. The highest BCUT2D eigenvalue weighted by molar-refractivity contribution is 5.84. The smallest absolute Gasteiger partial charge is 0.258 e. The summed E-state index contributed by atoms with van der Waals surface area (Å²) in [7, 11) is 0. The Hall–Kier alpha value is -3.14. The van der Waals surface area contributed by atoms with Gasteiger partial charge in [-0.1, -0.05) is 60.7 Å². The van der Waals surface area contributed by atoms with Crippen LogP contribution in [0.15, 0.2) is 72.9 Å². The molecular weight excluding hydrogens is 310 g/mol. The van der Waals surface area contributed by atoms with E-state index in [1.54, 1.807) is 6.20 Å². The molecule has 0 aliphatic carbocycles. The monoisotopic (exact) mass is 329 g/mol. The van der Waals surface area contributed by atoms with Crippen molar-refractivity contribution < 1.29 is 4.74 Å². The Bertz CT molecular complexity index is 978. The van der Waals surface area contributed by atoms with E-state index in [0.717, 1.165) is 23.0 Å². The van der Waals surface area contributed by atoms with Gasteiger partial charge in [-0.05, 0) is 24.1 Å². The van der Waals surface area contributed by atoms with Crippen molar-refractivity contribution in [3.8, 4) is 5.88 Å². The third-order valence-electron chi connectivity index (χ3n) is 4.28. The molecule has 25 heavy (non-hydrogen) atoms. The first-order chi connectivity index (χ1) is 12.3. The molecule has 0 amide bonds. The van der Waals surface area contributed by atoms with Gasteiger partial charge in [0.15, 0.2) is 0 Å². The lowest BCUT2D eigenvalue weighted by atomic mass is 10.2. The van der Waals surface area contributed by atoms with E-state index in [0.29, 0.717) is 12.5 Å². The van der Waals surface area contributed by atoms with Gasteiger partial charge in [0.1, 0.15) is 12.1 Å². The molecule has 0 aliphatic rings. The van der Waals surface area contributed by atoms with Crippen molar-refractivity contribution in [1.82, 2.24) is 14.8 Å². The first-order valence-corrected chi connectivity index (χ1v) is 8.33. The number of benzene rings is 2. The number of aromatic nitrogens is 3. The van der Waals surface area contributed by atoms with Gasteiger partial charge in [-0.25, -0.2) is 0 Å². The van der Waals surface area contributed by atoms with Gasteiger partial charge in [0.2, 0.25) is 0 Å². The van der Waals surface area contributed by atoms with Crippen molar-refractivity contribution >= 4 is 10.9 Å². The number of nitrogens with zero attached hydrogens (tertiary/aromatic N) is 3. The molecule has 0 unspecified atom stereocenters. The zero-order valence-electron chi connectivity index (χ0n) is 14.1. The zero-order chi connectivity index (χ0) is 17.1. The van der Waals surface area contributed by atoms with Gasteiger partial charge in [0.05, 0.1) is 6.20 Å². The summed E-state index contributed by atoms with van der Waals surface area (Å²) < 4.78 is 8.24.